The molecule has 1 aliphatic rings. The van der Waals surface area contributed by atoms with Crippen molar-refractivity contribution in [2.24, 2.45) is 0 Å². The molecule has 1 saturated heterocycles. The maximum Gasteiger partial charge on any atom is 0.330 e. The van der Waals surface area contributed by atoms with Crippen LogP contribution in [0.3, 0.4) is 0 Å². The molecule has 0 aliphatic carbocycles. The first-order valence-corrected chi connectivity index (χ1v) is 7.75. The Balaban J connectivity index is 2.12. The Hall–Kier alpha value is -1.13. The predicted octanol–water partition coefficient (Wildman–Crippen LogP) is -2.89. The number of ether oxygens (including phenoxy) is 1. The van der Waals surface area contributed by atoms with Gasteiger partial charge < -0.3 is 14.7 Å². The molecule has 21 heavy (non-hydrogen) atoms. The van der Waals surface area contributed by atoms with Gasteiger partial charge in [-0.15, -0.1) is 5.09 Å². The molecule has 0 amide bonds. The first kappa shape index (κ1) is 16.2. The summed E-state index contributed by atoms with van der Waals surface area (Å²) >= 11 is 0. The van der Waals surface area contributed by atoms with Crippen molar-refractivity contribution in [3.8, 4) is 0 Å². The summed E-state index contributed by atoms with van der Waals surface area (Å²) in [5.74, 6) is 0. The minimum absolute atomic E-state index is 0.0683. The minimum Gasteiger partial charge on any atom is -0.617 e. The van der Waals surface area contributed by atoms with E-state index in [4.69, 9.17) is 14.5 Å². The molecule has 0 radical (unpaired) electrons. The molecule has 0 spiro atoms. The number of hydrogen-bond acceptors (Lipinski definition) is 8. The molecule has 0 unspecified atom stereocenters. The van der Waals surface area contributed by atoms with E-state index in [1.54, 1.807) is 0 Å². The van der Waals surface area contributed by atoms with Gasteiger partial charge in [0.25, 0.3) is 5.56 Å². The second kappa shape index (κ2) is 5.93. The van der Waals surface area contributed by atoms with E-state index in [1.165, 1.54) is 13.1 Å². The summed E-state index contributed by atoms with van der Waals surface area (Å²) in [6.07, 6.45) is -1.29. The summed E-state index contributed by atoms with van der Waals surface area (Å²) < 4.78 is 6.55. The first-order valence-electron chi connectivity index (χ1n) is 6.13. The normalized spacial score (nSPS) is 26.2. The van der Waals surface area contributed by atoms with Gasteiger partial charge in [-0.1, -0.05) is 0 Å². The Morgan fingerprint density at radius 1 is 1.57 bits per heavy atom. The zero-order chi connectivity index (χ0) is 15.8. The van der Waals surface area contributed by atoms with Crippen molar-refractivity contribution in [2.75, 3.05) is 6.54 Å². The zero-order valence-electron chi connectivity index (χ0n) is 11.1. The largest absolute Gasteiger partial charge is 0.617 e. The van der Waals surface area contributed by atoms with Crippen molar-refractivity contribution in [2.45, 2.75) is 31.8 Å². The first-order chi connectivity index (χ1) is 9.67. The van der Waals surface area contributed by atoms with Crippen molar-refractivity contribution in [1.29, 1.82) is 0 Å². The summed E-state index contributed by atoms with van der Waals surface area (Å²) in [7, 11) is -4.42. The Bertz CT molecular complexity index is 622. The highest BCUT2D eigenvalue weighted by atomic mass is 31.2. The van der Waals surface area contributed by atoms with Crippen LogP contribution in [0, 0.1) is 6.92 Å². The molecule has 1 aliphatic heterocycles. The van der Waals surface area contributed by atoms with Crippen LogP contribution < -0.4 is 21.2 Å². The highest BCUT2D eigenvalue weighted by Gasteiger charge is 2.37. The Morgan fingerprint density at radius 2 is 2.24 bits per heavy atom. The van der Waals surface area contributed by atoms with Crippen LogP contribution in [-0.2, 0) is 4.74 Å². The molecular weight excluding hydrogens is 305 g/mol. The van der Waals surface area contributed by atoms with E-state index in [0.717, 1.165) is 4.57 Å². The van der Waals surface area contributed by atoms with E-state index in [0.29, 0.717) is 5.56 Å². The smallest absolute Gasteiger partial charge is 0.330 e. The van der Waals surface area contributed by atoms with Crippen LogP contribution in [0.15, 0.2) is 15.8 Å². The van der Waals surface area contributed by atoms with Gasteiger partial charge >= 0.3 is 13.8 Å². The average molecular weight is 321 g/mol. The molecule has 0 bridgehead atoms. The molecule has 5 N–H and O–H groups in total. The van der Waals surface area contributed by atoms with Gasteiger partial charge in [-0.05, 0) is 6.92 Å². The summed E-state index contributed by atoms with van der Waals surface area (Å²) in [5.41, 5.74) is -0.870. The fourth-order valence-corrected chi connectivity index (χ4v) is 2.50. The SMILES string of the molecule is Cc1cn([C@H]2C[C@H](O)[C@@H](CN[P+]([O-])(O)O)O2)c(=O)[nH]c1=O. The van der Waals surface area contributed by atoms with Crippen molar-refractivity contribution in [1.82, 2.24) is 14.6 Å². The summed E-state index contributed by atoms with van der Waals surface area (Å²) in [5, 5.41) is 11.8. The van der Waals surface area contributed by atoms with E-state index in [2.05, 4.69) is 4.98 Å². The van der Waals surface area contributed by atoms with Gasteiger partial charge in [0.15, 0.2) is 0 Å². The van der Waals surface area contributed by atoms with Crippen molar-refractivity contribution < 1.29 is 24.5 Å². The third kappa shape index (κ3) is 3.95. The van der Waals surface area contributed by atoms with Gasteiger partial charge in [0.05, 0.1) is 12.6 Å². The van der Waals surface area contributed by atoms with Crippen LogP contribution in [-0.4, -0.2) is 43.2 Å². The van der Waals surface area contributed by atoms with Gasteiger partial charge in [-0.3, -0.25) is 14.3 Å². The average Bonchev–Trinajstić information content (AvgIpc) is 2.72. The molecular formula is C10H16N3O7P. The second-order valence-corrected chi connectivity index (χ2v) is 6.22. The Labute approximate surface area is 119 Å². The van der Waals surface area contributed by atoms with E-state index >= 15 is 0 Å². The van der Waals surface area contributed by atoms with Crippen LogP contribution in [0.1, 0.15) is 18.2 Å². The molecule has 10 nitrogen and oxygen atoms in total. The Morgan fingerprint density at radius 3 is 2.86 bits per heavy atom. The summed E-state index contributed by atoms with van der Waals surface area (Å²) in [4.78, 5) is 53.3. The minimum atomic E-state index is -4.42. The van der Waals surface area contributed by atoms with Gasteiger partial charge in [-0.25, -0.2) is 14.6 Å². The lowest BCUT2D eigenvalue weighted by Gasteiger charge is -2.20. The van der Waals surface area contributed by atoms with Crippen molar-refractivity contribution >= 4 is 8.09 Å². The number of H-pyrrole nitrogens is 1. The number of aliphatic hydroxyl groups is 1. The quantitative estimate of drug-likeness (QED) is 0.369. The highest BCUT2D eigenvalue weighted by Crippen LogP contribution is 2.34. The van der Waals surface area contributed by atoms with Crippen LogP contribution in [0.4, 0.5) is 0 Å². The van der Waals surface area contributed by atoms with Gasteiger partial charge in [-0.2, -0.15) is 0 Å². The molecule has 118 valence electrons. The molecule has 11 heteroatoms. The van der Waals surface area contributed by atoms with Gasteiger partial charge in [0.1, 0.15) is 12.3 Å². The molecule has 2 heterocycles. The monoisotopic (exact) mass is 321 g/mol. The number of nitrogens with one attached hydrogen (secondary N) is 2. The molecule has 0 saturated carbocycles. The second-order valence-electron chi connectivity index (χ2n) is 4.82. The van der Waals surface area contributed by atoms with E-state index in [-0.39, 0.29) is 13.0 Å². The number of hydrogen-bond donors (Lipinski definition) is 5. The lowest BCUT2D eigenvalue weighted by molar-refractivity contribution is -0.212. The van der Waals surface area contributed by atoms with Crippen molar-refractivity contribution in [3.05, 3.63) is 32.6 Å². The molecule has 0 aromatic carbocycles. The van der Waals surface area contributed by atoms with Gasteiger partial charge in [0.2, 0.25) is 0 Å². The van der Waals surface area contributed by atoms with Crippen LogP contribution in [0.5, 0.6) is 0 Å². The van der Waals surface area contributed by atoms with Gasteiger partial charge in [0, 0.05) is 18.2 Å². The number of aromatic amines is 1. The zero-order valence-corrected chi connectivity index (χ0v) is 12.0. The lowest BCUT2D eigenvalue weighted by Crippen LogP contribution is -2.37. The number of aliphatic hydroxyl groups excluding tert-OH is 1. The number of nitrogens with zero attached hydrogens (tertiary/aromatic N) is 1. The standard InChI is InChI=1S/C10H16N3O7P/c1-5-4-13(10(16)12-9(5)15)8-2-6(14)7(20-8)3-11-21(17,18)19/h4,6-8,14H,2-3H2,1H3,(H,12,15,16)(H3,11,17,18,19)/t6-,7+,8+/m0/s1. The van der Waals surface area contributed by atoms with Crippen LogP contribution >= 0.6 is 8.09 Å². The Kier molecular flexibility index (Phi) is 4.59. The molecule has 1 aromatic heterocycles. The summed E-state index contributed by atoms with van der Waals surface area (Å²) in [6.45, 7) is 1.26. The molecule has 1 fully saturated rings. The number of aryl methyl sites for hydroxylation is 1. The van der Waals surface area contributed by atoms with E-state index < -0.39 is 37.8 Å². The van der Waals surface area contributed by atoms with E-state index in [9.17, 15) is 19.6 Å². The highest BCUT2D eigenvalue weighted by molar-refractivity contribution is 7.54. The topological polar surface area (TPSA) is 160 Å². The molecule has 2 rings (SSSR count). The maximum absolute atomic E-state index is 11.7. The number of rotatable bonds is 4. The van der Waals surface area contributed by atoms with E-state index in [1.807, 2.05) is 5.09 Å². The third-order valence-electron chi connectivity index (χ3n) is 3.16. The van der Waals surface area contributed by atoms with Crippen LogP contribution in [0.25, 0.3) is 0 Å². The molecule has 3 atom stereocenters. The fourth-order valence-electron chi connectivity index (χ4n) is 2.08. The maximum atomic E-state index is 11.7. The molecule has 1 aromatic rings. The van der Waals surface area contributed by atoms with Crippen LogP contribution in [0.2, 0.25) is 0 Å². The fraction of sp³-hybridized carbons (Fsp3) is 0.600. The lowest BCUT2D eigenvalue weighted by atomic mass is 10.2. The van der Waals surface area contributed by atoms with Crippen molar-refractivity contribution in [3.63, 3.8) is 0 Å². The summed E-state index contributed by atoms with van der Waals surface area (Å²) in [6, 6.07) is 0. The predicted molar refractivity (Wildman–Crippen MR) is 70.0 cm³/mol. The third-order valence-corrected chi connectivity index (χ3v) is 3.75. The number of aromatic nitrogens is 2.